The Labute approximate surface area is 69.0 Å². The lowest BCUT2D eigenvalue weighted by Crippen LogP contribution is -2.41. The van der Waals surface area contributed by atoms with Gasteiger partial charge in [0.1, 0.15) is 17.9 Å². The second kappa shape index (κ2) is 3.38. The summed E-state index contributed by atoms with van der Waals surface area (Å²) in [7, 11) is 0. The summed E-state index contributed by atoms with van der Waals surface area (Å²) in [6, 6.07) is 1.98. The fraction of sp³-hybridized carbons (Fsp3) is 0.286. The average Bonchev–Trinajstić information content (AvgIpc) is 2.53. The molecule has 66 valence electrons. The van der Waals surface area contributed by atoms with E-state index in [1.807, 2.05) is 0 Å². The van der Waals surface area contributed by atoms with E-state index in [1.165, 1.54) is 12.3 Å². The third kappa shape index (κ3) is 1.63. The molecule has 5 N–H and O–H groups in total. The number of furan rings is 1. The van der Waals surface area contributed by atoms with Gasteiger partial charge in [0.2, 0.25) is 5.91 Å². The Hall–Kier alpha value is -1.33. The topological polar surface area (TPSA) is 102 Å². The van der Waals surface area contributed by atoms with Crippen LogP contribution in [0.15, 0.2) is 22.8 Å². The molecule has 0 radical (unpaired) electrons. The van der Waals surface area contributed by atoms with Crippen LogP contribution in [0.2, 0.25) is 0 Å². The highest BCUT2D eigenvalue weighted by molar-refractivity contribution is 5.80. The van der Waals surface area contributed by atoms with Gasteiger partial charge in [-0.15, -0.1) is 0 Å². The van der Waals surface area contributed by atoms with Gasteiger partial charge in [0.05, 0.1) is 6.26 Å². The molecule has 1 heterocycles. The summed E-state index contributed by atoms with van der Waals surface area (Å²) in [6.45, 7) is 0. The average molecular weight is 170 g/mol. The zero-order valence-electron chi connectivity index (χ0n) is 6.31. The molecule has 0 unspecified atom stereocenters. The minimum absolute atomic E-state index is 0.237. The number of aliphatic hydroxyl groups is 1. The Morgan fingerprint density at radius 1 is 1.67 bits per heavy atom. The highest BCUT2D eigenvalue weighted by atomic mass is 16.4. The maximum atomic E-state index is 10.5. The van der Waals surface area contributed by atoms with E-state index in [1.54, 1.807) is 6.07 Å². The zero-order valence-corrected chi connectivity index (χ0v) is 6.31. The first kappa shape index (κ1) is 8.76. The molecule has 0 spiro atoms. The van der Waals surface area contributed by atoms with Crippen molar-refractivity contribution in [2.45, 2.75) is 12.1 Å². The number of hydrogen-bond acceptors (Lipinski definition) is 4. The summed E-state index contributed by atoms with van der Waals surface area (Å²) in [5, 5.41) is 9.33. The molecule has 1 aromatic heterocycles. The first-order valence-electron chi connectivity index (χ1n) is 3.39. The van der Waals surface area contributed by atoms with Crippen molar-refractivity contribution >= 4 is 5.91 Å². The summed E-state index contributed by atoms with van der Waals surface area (Å²) >= 11 is 0. The van der Waals surface area contributed by atoms with Gasteiger partial charge in [-0.25, -0.2) is 0 Å². The number of hydrogen-bond donors (Lipinski definition) is 3. The maximum absolute atomic E-state index is 10.5. The molecule has 5 heteroatoms. The Morgan fingerprint density at radius 3 is 2.75 bits per heavy atom. The van der Waals surface area contributed by atoms with E-state index in [4.69, 9.17) is 15.9 Å². The van der Waals surface area contributed by atoms with Crippen LogP contribution >= 0.6 is 0 Å². The molecule has 5 nitrogen and oxygen atoms in total. The molecule has 0 bridgehead atoms. The van der Waals surface area contributed by atoms with E-state index in [0.29, 0.717) is 0 Å². The van der Waals surface area contributed by atoms with Crippen LogP contribution in [0, 0.1) is 0 Å². The van der Waals surface area contributed by atoms with Crippen LogP contribution in [-0.2, 0) is 4.79 Å². The standard InChI is InChI=1S/C7H10N2O3/c8-5(7(9)11)6(10)4-2-1-3-12-4/h1-3,5-6,10H,8H2,(H2,9,11)/t5-,6-/m0/s1. The third-order valence-electron chi connectivity index (χ3n) is 1.50. The van der Waals surface area contributed by atoms with Crippen molar-refractivity contribution in [3.8, 4) is 0 Å². The lowest BCUT2D eigenvalue weighted by atomic mass is 10.1. The lowest BCUT2D eigenvalue weighted by molar-refractivity contribution is -0.121. The van der Waals surface area contributed by atoms with Gasteiger partial charge in [0, 0.05) is 0 Å². The molecule has 0 aliphatic rings. The third-order valence-corrected chi connectivity index (χ3v) is 1.50. The smallest absolute Gasteiger partial charge is 0.237 e. The monoisotopic (exact) mass is 170 g/mol. The minimum atomic E-state index is -1.17. The second-order valence-corrected chi connectivity index (χ2v) is 2.39. The highest BCUT2D eigenvalue weighted by Crippen LogP contribution is 2.15. The van der Waals surface area contributed by atoms with Crippen molar-refractivity contribution in [2.24, 2.45) is 11.5 Å². The molecular weight excluding hydrogens is 160 g/mol. The molecule has 1 amide bonds. The summed E-state index contributed by atoms with van der Waals surface area (Å²) in [4.78, 5) is 10.5. The SMILES string of the molecule is NC(=O)[C@@H](N)[C@@H](O)c1ccco1. The van der Waals surface area contributed by atoms with Gasteiger partial charge in [0.15, 0.2) is 0 Å². The van der Waals surface area contributed by atoms with E-state index >= 15 is 0 Å². The minimum Gasteiger partial charge on any atom is -0.467 e. The van der Waals surface area contributed by atoms with Crippen molar-refractivity contribution in [1.29, 1.82) is 0 Å². The van der Waals surface area contributed by atoms with Crippen LogP contribution in [0.1, 0.15) is 11.9 Å². The Kier molecular flexibility index (Phi) is 2.47. The quantitative estimate of drug-likeness (QED) is 0.548. The first-order chi connectivity index (χ1) is 5.63. The molecule has 1 rings (SSSR count). The Morgan fingerprint density at radius 2 is 2.33 bits per heavy atom. The van der Waals surface area contributed by atoms with Gasteiger partial charge < -0.3 is 21.0 Å². The molecule has 1 aromatic rings. The number of nitrogens with two attached hydrogens (primary N) is 2. The number of carbonyl (C=O) groups is 1. The number of aliphatic hydroxyl groups excluding tert-OH is 1. The molecule has 0 fully saturated rings. The molecular formula is C7H10N2O3. The normalized spacial score (nSPS) is 15.5. The predicted octanol–water partition coefficient (Wildman–Crippen LogP) is -0.874. The van der Waals surface area contributed by atoms with E-state index in [-0.39, 0.29) is 5.76 Å². The van der Waals surface area contributed by atoms with Crippen molar-refractivity contribution in [3.05, 3.63) is 24.2 Å². The summed E-state index contributed by atoms with van der Waals surface area (Å²) in [5.41, 5.74) is 10.1. The van der Waals surface area contributed by atoms with Crippen molar-refractivity contribution in [3.63, 3.8) is 0 Å². The van der Waals surface area contributed by atoms with Crippen LogP contribution in [0.3, 0.4) is 0 Å². The highest BCUT2D eigenvalue weighted by Gasteiger charge is 2.23. The summed E-state index contributed by atoms with van der Waals surface area (Å²) in [6.07, 6.45) is 0.212. The van der Waals surface area contributed by atoms with Gasteiger partial charge in [-0.2, -0.15) is 0 Å². The molecule has 0 aromatic carbocycles. The Bertz CT molecular complexity index is 258. The number of carbonyl (C=O) groups excluding carboxylic acids is 1. The lowest BCUT2D eigenvalue weighted by Gasteiger charge is -2.12. The van der Waals surface area contributed by atoms with Gasteiger partial charge in [0.25, 0.3) is 0 Å². The summed E-state index contributed by atoms with van der Waals surface area (Å²) in [5.74, 6) is -0.528. The Balaban J connectivity index is 2.71. The van der Waals surface area contributed by atoms with E-state index in [9.17, 15) is 9.90 Å². The second-order valence-electron chi connectivity index (χ2n) is 2.39. The number of amides is 1. The van der Waals surface area contributed by atoms with Crippen LogP contribution in [-0.4, -0.2) is 17.1 Å². The predicted molar refractivity (Wildman–Crippen MR) is 40.8 cm³/mol. The van der Waals surface area contributed by atoms with E-state index < -0.39 is 18.1 Å². The van der Waals surface area contributed by atoms with E-state index in [2.05, 4.69) is 0 Å². The fourth-order valence-corrected chi connectivity index (χ4v) is 0.792. The molecule has 0 aliphatic carbocycles. The number of rotatable bonds is 3. The largest absolute Gasteiger partial charge is 0.467 e. The van der Waals surface area contributed by atoms with Crippen LogP contribution in [0.5, 0.6) is 0 Å². The van der Waals surface area contributed by atoms with Crippen molar-refractivity contribution in [2.75, 3.05) is 0 Å². The van der Waals surface area contributed by atoms with Crippen molar-refractivity contribution in [1.82, 2.24) is 0 Å². The number of primary amides is 1. The zero-order chi connectivity index (χ0) is 9.14. The van der Waals surface area contributed by atoms with Crippen LogP contribution in [0.25, 0.3) is 0 Å². The van der Waals surface area contributed by atoms with Crippen molar-refractivity contribution < 1.29 is 14.3 Å². The molecule has 0 saturated heterocycles. The molecule has 12 heavy (non-hydrogen) atoms. The van der Waals surface area contributed by atoms with Gasteiger partial charge in [-0.3, -0.25) is 4.79 Å². The maximum Gasteiger partial charge on any atom is 0.237 e. The molecule has 2 atom stereocenters. The van der Waals surface area contributed by atoms with Gasteiger partial charge in [-0.05, 0) is 12.1 Å². The first-order valence-corrected chi connectivity index (χ1v) is 3.39. The van der Waals surface area contributed by atoms with Gasteiger partial charge in [-0.1, -0.05) is 0 Å². The van der Waals surface area contributed by atoms with Crippen LogP contribution in [0.4, 0.5) is 0 Å². The van der Waals surface area contributed by atoms with Gasteiger partial charge >= 0.3 is 0 Å². The molecule has 0 saturated carbocycles. The van der Waals surface area contributed by atoms with E-state index in [0.717, 1.165) is 0 Å². The molecule has 0 aliphatic heterocycles. The van der Waals surface area contributed by atoms with Crippen LogP contribution < -0.4 is 11.5 Å². The fourth-order valence-electron chi connectivity index (χ4n) is 0.792. The summed E-state index contributed by atoms with van der Waals surface area (Å²) < 4.78 is 4.83.